The van der Waals surface area contributed by atoms with Gasteiger partial charge in [0.05, 0.1) is 15.9 Å². The van der Waals surface area contributed by atoms with Crippen LogP contribution in [0.1, 0.15) is 24.5 Å². The number of benzene rings is 2. The Morgan fingerprint density at radius 1 is 1.05 bits per heavy atom. The summed E-state index contributed by atoms with van der Waals surface area (Å²) in [6, 6.07) is 9.05. The highest BCUT2D eigenvalue weighted by Gasteiger charge is 2.64. The number of barbiturate groups is 1. The van der Waals surface area contributed by atoms with Crippen LogP contribution in [0.3, 0.4) is 0 Å². The number of aryl methyl sites for hydroxylation is 1. The van der Waals surface area contributed by atoms with Gasteiger partial charge in [-0.2, -0.15) is 4.31 Å². The summed E-state index contributed by atoms with van der Waals surface area (Å²) < 4.78 is 28.6. The van der Waals surface area contributed by atoms with Crippen LogP contribution in [0.2, 0.25) is 0 Å². The fraction of sp³-hybridized carbons (Fsp3) is 0.423. The minimum Gasteiger partial charge on any atom is -0.364 e. The van der Waals surface area contributed by atoms with Gasteiger partial charge in [-0.25, -0.2) is 13.2 Å². The van der Waals surface area contributed by atoms with Crippen molar-refractivity contribution < 1.29 is 27.7 Å². The van der Waals surface area contributed by atoms with Crippen molar-refractivity contribution in [3.63, 3.8) is 0 Å². The Kier molecular flexibility index (Phi) is 6.46. The lowest BCUT2D eigenvalue weighted by molar-refractivity contribution is -0.384. The van der Waals surface area contributed by atoms with Gasteiger partial charge < -0.3 is 4.90 Å². The molecule has 39 heavy (non-hydrogen) atoms. The van der Waals surface area contributed by atoms with Crippen LogP contribution in [0.25, 0.3) is 0 Å². The van der Waals surface area contributed by atoms with E-state index in [1.807, 2.05) is 6.92 Å². The third-order valence-corrected chi connectivity index (χ3v) is 9.78. The molecule has 4 amide bonds. The van der Waals surface area contributed by atoms with E-state index in [-0.39, 0.29) is 43.2 Å². The molecule has 2 saturated heterocycles. The number of carbonyl (C=O) groups excluding carboxylic acids is 3. The number of carbonyl (C=O) groups is 3. The van der Waals surface area contributed by atoms with Crippen molar-refractivity contribution >= 4 is 39.2 Å². The van der Waals surface area contributed by atoms with E-state index in [2.05, 4.69) is 0 Å². The highest BCUT2D eigenvalue weighted by molar-refractivity contribution is 7.89. The van der Waals surface area contributed by atoms with Crippen LogP contribution in [-0.4, -0.2) is 84.6 Å². The highest BCUT2D eigenvalue weighted by atomic mass is 32.2. The van der Waals surface area contributed by atoms with Crippen LogP contribution in [0.4, 0.5) is 16.2 Å². The van der Waals surface area contributed by atoms with Gasteiger partial charge in [0, 0.05) is 57.5 Å². The number of hydrogen-bond donors (Lipinski definition) is 0. The van der Waals surface area contributed by atoms with E-state index in [1.165, 1.54) is 35.6 Å². The number of piperazine rings is 1. The number of hydrogen-bond acceptors (Lipinski definition) is 8. The summed E-state index contributed by atoms with van der Waals surface area (Å²) in [5, 5.41) is 11.5. The first kappa shape index (κ1) is 26.8. The number of nitro groups is 1. The van der Waals surface area contributed by atoms with E-state index in [4.69, 9.17) is 0 Å². The fourth-order valence-corrected chi connectivity index (χ4v) is 7.35. The number of sulfonamides is 1. The molecule has 206 valence electrons. The van der Waals surface area contributed by atoms with Gasteiger partial charge in [-0.1, -0.05) is 24.6 Å². The van der Waals surface area contributed by atoms with Crippen molar-refractivity contribution in [1.82, 2.24) is 14.1 Å². The number of amides is 4. The molecule has 0 radical (unpaired) electrons. The van der Waals surface area contributed by atoms with Crippen LogP contribution >= 0.6 is 0 Å². The maximum atomic E-state index is 14.1. The van der Waals surface area contributed by atoms with Crippen molar-refractivity contribution in [2.75, 3.05) is 38.1 Å². The van der Waals surface area contributed by atoms with Gasteiger partial charge in [0.25, 0.3) is 5.69 Å². The van der Waals surface area contributed by atoms with Crippen LogP contribution in [0.5, 0.6) is 0 Å². The SMILES string of the molecule is CCCN1C(=O)N(C)C(=O)[C@]2(Cc3cc([N+](=O)[O-])ccc3N3CCN(S(=O)(=O)c4ccc(C)cc4)C[C@H]32)C1=O. The number of anilines is 1. The third kappa shape index (κ3) is 3.98. The molecule has 3 aliphatic rings. The Labute approximate surface area is 226 Å². The molecule has 2 fully saturated rings. The first-order chi connectivity index (χ1) is 18.4. The molecule has 3 aliphatic heterocycles. The maximum absolute atomic E-state index is 14.1. The number of imide groups is 2. The first-order valence-electron chi connectivity index (χ1n) is 12.7. The summed E-state index contributed by atoms with van der Waals surface area (Å²) in [5.41, 5.74) is -0.102. The lowest BCUT2D eigenvalue weighted by atomic mass is 9.67. The Morgan fingerprint density at radius 2 is 1.74 bits per heavy atom. The largest absolute Gasteiger partial charge is 0.364 e. The molecule has 0 N–H and O–H groups in total. The third-order valence-electron chi connectivity index (χ3n) is 7.90. The molecule has 0 bridgehead atoms. The summed E-state index contributed by atoms with van der Waals surface area (Å²) in [6.07, 6.45) is 0.263. The standard InChI is InChI=1S/C26H29N5O7S/c1-4-11-30-24(33)26(23(32)27(3)25(30)34)15-18-14-19(31(35)36)7-10-21(18)29-13-12-28(16-22(26)29)39(37,38)20-8-5-17(2)6-9-20/h5-10,14,22H,4,11-13,15-16H2,1-3H3/t22-,26+/m0/s1. The summed E-state index contributed by atoms with van der Waals surface area (Å²) in [4.78, 5) is 55.9. The summed E-state index contributed by atoms with van der Waals surface area (Å²) in [7, 11) is -2.66. The second kappa shape index (κ2) is 9.42. The second-order valence-corrected chi connectivity index (χ2v) is 12.1. The molecular formula is C26H29N5O7S. The molecule has 13 heteroatoms. The van der Waals surface area contributed by atoms with Crippen molar-refractivity contribution in [2.24, 2.45) is 5.41 Å². The van der Waals surface area contributed by atoms with Crippen LogP contribution in [0.15, 0.2) is 47.4 Å². The van der Waals surface area contributed by atoms with Crippen LogP contribution < -0.4 is 4.90 Å². The predicted octanol–water partition coefficient (Wildman–Crippen LogP) is 2.16. The summed E-state index contributed by atoms with van der Waals surface area (Å²) in [5.74, 6) is -1.45. The number of nitro benzene ring substituents is 1. The van der Waals surface area contributed by atoms with E-state index in [0.29, 0.717) is 17.7 Å². The Balaban J connectivity index is 1.66. The summed E-state index contributed by atoms with van der Waals surface area (Å²) in [6.45, 7) is 3.78. The van der Waals surface area contributed by atoms with E-state index in [0.717, 1.165) is 15.4 Å². The fourth-order valence-electron chi connectivity index (χ4n) is 5.91. The highest BCUT2D eigenvalue weighted by Crippen LogP contribution is 2.48. The lowest BCUT2D eigenvalue weighted by Crippen LogP contribution is -2.75. The zero-order chi connectivity index (χ0) is 28.3. The molecule has 1 spiro atoms. The zero-order valence-corrected chi connectivity index (χ0v) is 22.7. The number of non-ortho nitro benzene ring substituents is 1. The van der Waals surface area contributed by atoms with Crippen LogP contribution in [0, 0.1) is 22.5 Å². The van der Waals surface area contributed by atoms with Gasteiger partial charge >= 0.3 is 6.03 Å². The van der Waals surface area contributed by atoms with Crippen molar-refractivity contribution in [1.29, 1.82) is 0 Å². The average molecular weight is 556 g/mol. The van der Waals surface area contributed by atoms with E-state index >= 15 is 0 Å². The minimum atomic E-state index is -3.96. The van der Waals surface area contributed by atoms with Crippen molar-refractivity contribution in [3.05, 3.63) is 63.7 Å². The molecule has 2 aromatic carbocycles. The maximum Gasteiger partial charge on any atom is 0.333 e. The van der Waals surface area contributed by atoms with E-state index in [9.17, 15) is 32.9 Å². The monoisotopic (exact) mass is 555 g/mol. The van der Waals surface area contributed by atoms with Gasteiger partial charge in [0.1, 0.15) is 0 Å². The molecule has 0 aliphatic carbocycles. The van der Waals surface area contributed by atoms with E-state index in [1.54, 1.807) is 30.0 Å². The van der Waals surface area contributed by atoms with Crippen molar-refractivity contribution in [2.45, 2.75) is 37.6 Å². The molecule has 5 rings (SSSR count). The predicted molar refractivity (Wildman–Crippen MR) is 140 cm³/mol. The molecule has 0 saturated carbocycles. The van der Waals surface area contributed by atoms with Gasteiger partial charge in [-0.3, -0.25) is 29.5 Å². The number of rotatable bonds is 5. The number of nitrogens with zero attached hydrogens (tertiary/aromatic N) is 5. The topological polar surface area (TPSA) is 141 Å². The molecule has 0 aromatic heterocycles. The Bertz CT molecular complexity index is 1490. The second-order valence-electron chi connectivity index (χ2n) is 10.2. The number of urea groups is 1. The van der Waals surface area contributed by atoms with Crippen molar-refractivity contribution in [3.8, 4) is 0 Å². The smallest absolute Gasteiger partial charge is 0.333 e. The molecule has 12 nitrogen and oxygen atoms in total. The number of fused-ring (bicyclic) bond motifs is 4. The minimum absolute atomic E-state index is 0.0784. The average Bonchev–Trinajstić information content (AvgIpc) is 2.92. The van der Waals surface area contributed by atoms with Gasteiger partial charge in [0.15, 0.2) is 5.41 Å². The van der Waals surface area contributed by atoms with Crippen LogP contribution in [-0.2, 0) is 26.0 Å². The van der Waals surface area contributed by atoms with Gasteiger partial charge in [0.2, 0.25) is 21.8 Å². The quantitative estimate of drug-likeness (QED) is 0.310. The van der Waals surface area contributed by atoms with Gasteiger partial charge in [-0.05, 0) is 37.1 Å². The molecule has 2 aromatic rings. The molecule has 2 atom stereocenters. The van der Waals surface area contributed by atoms with E-state index < -0.39 is 44.2 Å². The Morgan fingerprint density at radius 3 is 2.38 bits per heavy atom. The first-order valence-corrected chi connectivity index (χ1v) is 14.1. The molecule has 0 unspecified atom stereocenters. The Hall–Kier alpha value is -3.84. The normalized spacial score (nSPS) is 23.7. The van der Waals surface area contributed by atoms with Gasteiger partial charge in [-0.15, -0.1) is 0 Å². The zero-order valence-electron chi connectivity index (χ0n) is 21.9. The lowest BCUT2D eigenvalue weighted by Gasteiger charge is -2.56. The molecule has 3 heterocycles. The molecular weight excluding hydrogens is 526 g/mol. The summed E-state index contributed by atoms with van der Waals surface area (Å²) >= 11 is 0.